The second-order valence-electron chi connectivity index (χ2n) is 4.77. The Morgan fingerprint density at radius 3 is 2.56 bits per heavy atom. The number of nitrogens with two attached hydrogens (primary N) is 1. The summed E-state index contributed by atoms with van der Waals surface area (Å²) in [5.74, 6) is 0. The molecular weight excluding hydrogens is 198 g/mol. The lowest BCUT2D eigenvalue weighted by Gasteiger charge is -2.32. The molecule has 3 heteroatoms. The van der Waals surface area contributed by atoms with Gasteiger partial charge in [0.25, 0.3) is 0 Å². The van der Waals surface area contributed by atoms with E-state index in [0.29, 0.717) is 0 Å². The molecule has 0 radical (unpaired) electrons. The van der Waals surface area contributed by atoms with E-state index < -0.39 is 0 Å². The SMILES string of the molecule is Cc1ccc(N)cc1CN1CCN(C)CC1. The Morgan fingerprint density at radius 1 is 1.19 bits per heavy atom. The van der Waals surface area contributed by atoms with Crippen molar-refractivity contribution in [3.05, 3.63) is 29.3 Å². The van der Waals surface area contributed by atoms with Gasteiger partial charge in [0.1, 0.15) is 0 Å². The Kier molecular flexibility index (Phi) is 3.46. The third-order valence-corrected chi connectivity index (χ3v) is 3.36. The molecule has 2 rings (SSSR count). The van der Waals surface area contributed by atoms with Crippen LogP contribution in [0.3, 0.4) is 0 Å². The Bertz CT molecular complexity index is 354. The molecule has 0 bridgehead atoms. The van der Waals surface area contributed by atoms with Gasteiger partial charge in [-0.1, -0.05) is 6.07 Å². The molecule has 1 aliphatic heterocycles. The second-order valence-corrected chi connectivity index (χ2v) is 4.77. The van der Waals surface area contributed by atoms with Crippen LogP contribution >= 0.6 is 0 Å². The van der Waals surface area contributed by atoms with E-state index in [1.165, 1.54) is 24.2 Å². The number of benzene rings is 1. The highest BCUT2D eigenvalue weighted by molar-refractivity contribution is 5.44. The quantitative estimate of drug-likeness (QED) is 0.762. The molecule has 0 unspecified atom stereocenters. The van der Waals surface area contributed by atoms with E-state index in [-0.39, 0.29) is 0 Å². The Balaban J connectivity index is 2.00. The molecule has 0 aromatic heterocycles. The van der Waals surface area contributed by atoms with Gasteiger partial charge in [-0.3, -0.25) is 4.90 Å². The monoisotopic (exact) mass is 219 g/mol. The fourth-order valence-electron chi connectivity index (χ4n) is 2.11. The van der Waals surface area contributed by atoms with Crippen molar-refractivity contribution in [2.75, 3.05) is 39.0 Å². The highest BCUT2D eigenvalue weighted by Crippen LogP contribution is 2.15. The van der Waals surface area contributed by atoms with Gasteiger partial charge in [0.2, 0.25) is 0 Å². The van der Waals surface area contributed by atoms with Gasteiger partial charge in [-0.25, -0.2) is 0 Å². The molecule has 2 N–H and O–H groups in total. The summed E-state index contributed by atoms with van der Waals surface area (Å²) >= 11 is 0. The number of rotatable bonds is 2. The molecule has 16 heavy (non-hydrogen) atoms. The summed E-state index contributed by atoms with van der Waals surface area (Å²) < 4.78 is 0. The van der Waals surface area contributed by atoms with Crippen molar-refractivity contribution in [1.29, 1.82) is 0 Å². The molecule has 0 amide bonds. The van der Waals surface area contributed by atoms with Crippen molar-refractivity contribution in [2.24, 2.45) is 0 Å². The van der Waals surface area contributed by atoms with Crippen LogP contribution in [0.2, 0.25) is 0 Å². The smallest absolute Gasteiger partial charge is 0.0317 e. The number of hydrogen-bond acceptors (Lipinski definition) is 3. The van der Waals surface area contributed by atoms with Crippen LogP contribution in [-0.2, 0) is 6.54 Å². The third kappa shape index (κ3) is 2.74. The van der Waals surface area contributed by atoms with Crippen LogP contribution in [0, 0.1) is 6.92 Å². The Morgan fingerprint density at radius 2 is 1.88 bits per heavy atom. The van der Waals surface area contributed by atoms with Crippen molar-refractivity contribution in [3.8, 4) is 0 Å². The average molecular weight is 219 g/mol. The van der Waals surface area contributed by atoms with Gasteiger partial charge in [-0.05, 0) is 37.2 Å². The van der Waals surface area contributed by atoms with Gasteiger partial charge in [0.05, 0.1) is 0 Å². The number of piperazine rings is 1. The zero-order chi connectivity index (χ0) is 11.5. The number of anilines is 1. The maximum atomic E-state index is 5.83. The van der Waals surface area contributed by atoms with E-state index in [0.717, 1.165) is 25.3 Å². The fraction of sp³-hybridized carbons (Fsp3) is 0.538. The minimum Gasteiger partial charge on any atom is -0.399 e. The van der Waals surface area contributed by atoms with Crippen LogP contribution in [0.5, 0.6) is 0 Å². The van der Waals surface area contributed by atoms with Gasteiger partial charge in [0, 0.05) is 38.4 Å². The summed E-state index contributed by atoms with van der Waals surface area (Å²) in [6.07, 6.45) is 0. The molecular formula is C13H21N3. The Hall–Kier alpha value is -1.06. The molecule has 1 saturated heterocycles. The number of aryl methyl sites for hydroxylation is 1. The first-order valence-corrected chi connectivity index (χ1v) is 5.91. The van der Waals surface area contributed by atoms with Crippen LogP contribution in [0.15, 0.2) is 18.2 Å². The number of nitrogens with zero attached hydrogens (tertiary/aromatic N) is 2. The molecule has 1 aromatic rings. The molecule has 88 valence electrons. The minimum atomic E-state index is 0.870. The highest BCUT2D eigenvalue weighted by Gasteiger charge is 2.14. The first-order chi connectivity index (χ1) is 7.65. The Labute approximate surface area is 97.8 Å². The normalized spacial score (nSPS) is 18.9. The van der Waals surface area contributed by atoms with Crippen LogP contribution in [-0.4, -0.2) is 43.0 Å². The van der Waals surface area contributed by atoms with Crippen LogP contribution in [0.4, 0.5) is 5.69 Å². The van der Waals surface area contributed by atoms with Gasteiger partial charge >= 0.3 is 0 Å². The van der Waals surface area contributed by atoms with E-state index in [9.17, 15) is 0 Å². The van der Waals surface area contributed by atoms with Gasteiger partial charge in [-0.15, -0.1) is 0 Å². The van der Waals surface area contributed by atoms with Crippen molar-refractivity contribution in [1.82, 2.24) is 9.80 Å². The number of hydrogen-bond donors (Lipinski definition) is 1. The summed E-state index contributed by atoms with van der Waals surface area (Å²) in [7, 11) is 2.18. The zero-order valence-corrected chi connectivity index (χ0v) is 10.2. The third-order valence-electron chi connectivity index (χ3n) is 3.36. The topological polar surface area (TPSA) is 32.5 Å². The second kappa shape index (κ2) is 4.85. The van der Waals surface area contributed by atoms with E-state index in [2.05, 4.69) is 35.9 Å². The molecule has 1 aromatic carbocycles. The summed E-state index contributed by atoms with van der Waals surface area (Å²) in [6, 6.07) is 6.19. The molecule has 1 fully saturated rings. The van der Waals surface area contributed by atoms with Gasteiger partial charge < -0.3 is 10.6 Å². The largest absolute Gasteiger partial charge is 0.399 e. The van der Waals surface area contributed by atoms with Crippen molar-refractivity contribution < 1.29 is 0 Å². The number of nitrogen functional groups attached to an aromatic ring is 1. The molecule has 3 nitrogen and oxygen atoms in total. The first-order valence-electron chi connectivity index (χ1n) is 5.91. The van der Waals surface area contributed by atoms with Crippen LogP contribution < -0.4 is 5.73 Å². The minimum absolute atomic E-state index is 0.870. The molecule has 0 aliphatic carbocycles. The summed E-state index contributed by atoms with van der Waals surface area (Å²) in [6.45, 7) is 7.84. The van der Waals surface area contributed by atoms with Crippen molar-refractivity contribution >= 4 is 5.69 Å². The molecule has 1 heterocycles. The predicted octanol–water partition coefficient (Wildman–Crippen LogP) is 1.32. The van der Waals surface area contributed by atoms with Crippen molar-refractivity contribution in [3.63, 3.8) is 0 Å². The van der Waals surface area contributed by atoms with E-state index >= 15 is 0 Å². The standard InChI is InChI=1S/C13H21N3/c1-11-3-4-13(14)9-12(11)10-16-7-5-15(2)6-8-16/h3-4,9H,5-8,10,14H2,1-2H3. The molecule has 0 saturated carbocycles. The predicted molar refractivity (Wildman–Crippen MR) is 68.4 cm³/mol. The maximum Gasteiger partial charge on any atom is 0.0317 e. The van der Waals surface area contributed by atoms with Crippen LogP contribution in [0.1, 0.15) is 11.1 Å². The fourth-order valence-corrected chi connectivity index (χ4v) is 2.11. The van der Waals surface area contributed by atoms with E-state index in [1.54, 1.807) is 0 Å². The first kappa shape index (κ1) is 11.4. The molecule has 0 atom stereocenters. The van der Waals surface area contributed by atoms with E-state index in [4.69, 9.17) is 5.73 Å². The highest BCUT2D eigenvalue weighted by atomic mass is 15.2. The van der Waals surface area contributed by atoms with Crippen molar-refractivity contribution in [2.45, 2.75) is 13.5 Å². The lowest BCUT2D eigenvalue weighted by atomic mass is 10.1. The maximum absolute atomic E-state index is 5.83. The summed E-state index contributed by atoms with van der Waals surface area (Å²) in [4.78, 5) is 4.88. The number of likely N-dealkylation sites (N-methyl/N-ethyl adjacent to an activating group) is 1. The zero-order valence-electron chi connectivity index (χ0n) is 10.2. The summed E-state index contributed by atoms with van der Waals surface area (Å²) in [5.41, 5.74) is 9.40. The molecule has 1 aliphatic rings. The van der Waals surface area contributed by atoms with Gasteiger partial charge in [-0.2, -0.15) is 0 Å². The summed E-state index contributed by atoms with van der Waals surface area (Å²) in [5, 5.41) is 0. The molecule has 0 spiro atoms. The average Bonchev–Trinajstić information content (AvgIpc) is 2.27. The van der Waals surface area contributed by atoms with Gasteiger partial charge in [0.15, 0.2) is 0 Å². The van der Waals surface area contributed by atoms with Crippen LogP contribution in [0.25, 0.3) is 0 Å². The lowest BCUT2D eigenvalue weighted by molar-refractivity contribution is 0.148. The van der Waals surface area contributed by atoms with E-state index in [1.807, 2.05) is 6.07 Å². The lowest BCUT2D eigenvalue weighted by Crippen LogP contribution is -2.43.